The number of aryl methyl sites for hydroxylation is 2. The van der Waals surface area contributed by atoms with Crippen LogP contribution in [0.5, 0.6) is 0 Å². The Labute approximate surface area is 193 Å². The fourth-order valence-corrected chi connectivity index (χ4v) is 3.96. The van der Waals surface area contributed by atoms with Crippen molar-refractivity contribution in [3.63, 3.8) is 0 Å². The average molecular weight is 456 g/mol. The standard InChI is InChI=1S/C23H20ClN5OS.3H2/c1-14-11-20(25-13-14)28-21-12-15(2)26-23(29-21)31-17-9-7-16(8-10-17)27-22(30)18-5-3-4-6-19(18)24;;;/h3-13,25H,1-2H3,(H,27,30)(H,26,28,29);3*1H. The molecule has 4 rings (SSSR count). The van der Waals surface area contributed by atoms with E-state index in [9.17, 15) is 4.79 Å². The summed E-state index contributed by atoms with van der Waals surface area (Å²) in [6.07, 6.45) is 1.93. The Morgan fingerprint density at radius 2 is 1.84 bits per heavy atom. The molecule has 2 heterocycles. The molecule has 1 amide bonds. The molecule has 0 aliphatic carbocycles. The van der Waals surface area contributed by atoms with Gasteiger partial charge in [-0.2, -0.15) is 0 Å². The third-order valence-corrected chi connectivity index (χ3v) is 5.57. The maximum atomic E-state index is 12.4. The Balaban J connectivity index is 0.00000193. The number of aromatic amines is 1. The molecule has 0 aliphatic rings. The summed E-state index contributed by atoms with van der Waals surface area (Å²) in [5.74, 6) is 1.36. The van der Waals surface area contributed by atoms with Crippen molar-refractivity contribution >= 4 is 46.6 Å². The highest BCUT2D eigenvalue weighted by molar-refractivity contribution is 7.99. The zero-order chi connectivity index (χ0) is 21.8. The predicted molar refractivity (Wildman–Crippen MR) is 132 cm³/mol. The molecule has 3 N–H and O–H groups in total. The smallest absolute Gasteiger partial charge is 0.257 e. The number of carbonyl (C=O) groups excluding carboxylic acids is 1. The van der Waals surface area contributed by atoms with Crippen molar-refractivity contribution < 1.29 is 9.07 Å². The molecule has 0 fully saturated rings. The molecule has 31 heavy (non-hydrogen) atoms. The van der Waals surface area contributed by atoms with Crippen LogP contribution in [-0.2, 0) is 0 Å². The molecule has 0 radical (unpaired) electrons. The lowest BCUT2D eigenvalue weighted by atomic mass is 10.2. The van der Waals surface area contributed by atoms with E-state index in [0.29, 0.717) is 21.4 Å². The van der Waals surface area contributed by atoms with E-state index in [1.54, 1.807) is 24.3 Å². The first-order valence-electron chi connectivity index (χ1n) is 9.58. The first-order valence-corrected chi connectivity index (χ1v) is 10.8. The van der Waals surface area contributed by atoms with E-state index in [0.717, 1.165) is 27.8 Å². The molecule has 0 atom stereocenters. The number of amides is 1. The molecule has 6 nitrogen and oxygen atoms in total. The molecular formula is C23H26ClN5OS. The van der Waals surface area contributed by atoms with Crippen LogP contribution in [0.4, 0.5) is 17.3 Å². The molecule has 2 aromatic heterocycles. The van der Waals surface area contributed by atoms with Crippen LogP contribution in [-0.4, -0.2) is 20.9 Å². The number of H-pyrrole nitrogens is 1. The lowest BCUT2D eigenvalue weighted by Gasteiger charge is -2.09. The number of halogens is 1. The topological polar surface area (TPSA) is 82.7 Å². The van der Waals surface area contributed by atoms with E-state index < -0.39 is 0 Å². The van der Waals surface area contributed by atoms with Gasteiger partial charge in [-0.1, -0.05) is 23.7 Å². The predicted octanol–water partition coefficient (Wildman–Crippen LogP) is 6.96. The first-order chi connectivity index (χ1) is 15.0. The van der Waals surface area contributed by atoms with E-state index in [4.69, 9.17) is 11.6 Å². The molecule has 162 valence electrons. The Kier molecular flexibility index (Phi) is 6.25. The normalized spacial score (nSPS) is 10.7. The zero-order valence-electron chi connectivity index (χ0n) is 16.9. The van der Waals surface area contributed by atoms with Gasteiger partial charge in [0.05, 0.1) is 10.6 Å². The SMILES string of the molecule is Cc1c[nH]c(Nc2cc(C)nc(Sc3ccc(NC(=O)c4ccccc4Cl)cc3)n2)c1.[HH].[HH].[HH]. The number of nitrogens with one attached hydrogen (secondary N) is 3. The van der Waals surface area contributed by atoms with Gasteiger partial charge in [-0.05, 0) is 73.6 Å². The van der Waals surface area contributed by atoms with E-state index in [-0.39, 0.29) is 10.2 Å². The van der Waals surface area contributed by atoms with Gasteiger partial charge in [0.2, 0.25) is 0 Å². The van der Waals surface area contributed by atoms with Crippen LogP contribution in [0.1, 0.15) is 25.9 Å². The van der Waals surface area contributed by atoms with Gasteiger partial charge in [0.1, 0.15) is 11.6 Å². The molecule has 0 bridgehead atoms. The highest BCUT2D eigenvalue weighted by Crippen LogP contribution is 2.28. The number of hydrogen-bond acceptors (Lipinski definition) is 5. The molecule has 0 saturated heterocycles. The Hall–Kier alpha value is -3.29. The van der Waals surface area contributed by atoms with Gasteiger partial charge in [0.25, 0.3) is 5.91 Å². The van der Waals surface area contributed by atoms with Crippen LogP contribution in [0.2, 0.25) is 5.02 Å². The summed E-state index contributed by atoms with van der Waals surface area (Å²) >= 11 is 7.55. The molecule has 0 unspecified atom stereocenters. The van der Waals surface area contributed by atoms with Crippen LogP contribution in [0.15, 0.2) is 76.9 Å². The average Bonchev–Trinajstić information content (AvgIpc) is 3.14. The van der Waals surface area contributed by atoms with Crippen molar-refractivity contribution in [2.75, 3.05) is 10.6 Å². The van der Waals surface area contributed by atoms with Crippen LogP contribution in [0, 0.1) is 13.8 Å². The van der Waals surface area contributed by atoms with E-state index >= 15 is 0 Å². The van der Waals surface area contributed by atoms with Gasteiger partial charge < -0.3 is 15.6 Å². The fraction of sp³-hybridized carbons (Fsp3) is 0.0870. The van der Waals surface area contributed by atoms with E-state index in [1.165, 1.54) is 11.8 Å². The third-order valence-electron chi connectivity index (χ3n) is 4.36. The first kappa shape index (κ1) is 21.0. The lowest BCUT2D eigenvalue weighted by Crippen LogP contribution is -2.12. The lowest BCUT2D eigenvalue weighted by molar-refractivity contribution is 0.102. The monoisotopic (exact) mass is 455 g/mol. The largest absolute Gasteiger partial charge is 0.348 e. The minimum Gasteiger partial charge on any atom is -0.348 e. The molecular weight excluding hydrogens is 430 g/mol. The maximum absolute atomic E-state index is 12.4. The van der Waals surface area contributed by atoms with Crippen molar-refractivity contribution in [3.05, 3.63) is 88.7 Å². The summed E-state index contributed by atoms with van der Waals surface area (Å²) < 4.78 is 0. The molecule has 0 aliphatic heterocycles. The summed E-state index contributed by atoms with van der Waals surface area (Å²) in [5, 5.41) is 7.18. The fourth-order valence-electron chi connectivity index (χ4n) is 2.92. The van der Waals surface area contributed by atoms with Gasteiger partial charge in [-0.3, -0.25) is 4.79 Å². The molecule has 0 saturated carbocycles. The van der Waals surface area contributed by atoms with Crippen LogP contribution < -0.4 is 10.6 Å². The van der Waals surface area contributed by atoms with Crippen LogP contribution in [0.3, 0.4) is 0 Å². The van der Waals surface area contributed by atoms with Crippen molar-refractivity contribution in [1.29, 1.82) is 0 Å². The summed E-state index contributed by atoms with van der Waals surface area (Å²) in [7, 11) is 0. The summed E-state index contributed by atoms with van der Waals surface area (Å²) in [4.78, 5) is 25.6. The number of benzene rings is 2. The second-order valence-electron chi connectivity index (χ2n) is 6.95. The molecule has 0 spiro atoms. The van der Waals surface area contributed by atoms with Gasteiger partial charge >= 0.3 is 0 Å². The summed E-state index contributed by atoms with van der Waals surface area (Å²) in [6.45, 7) is 3.96. The van der Waals surface area contributed by atoms with Crippen molar-refractivity contribution in [2.45, 2.75) is 23.9 Å². The number of hydrogen-bond donors (Lipinski definition) is 3. The van der Waals surface area contributed by atoms with Crippen LogP contribution >= 0.6 is 23.4 Å². The van der Waals surface area contributed by atoms with Crippen molar-refractivity contribution in [2.24, 2.45) is 0 Å². The highest BCUT2D eigenvalue weighted by atomic mass is 35.5. The quantitative estimate of drug-likeness (QED) is 0.274. The third kappa shape index (κ3) is 5.45. The van der Waals surface area contributed by atoms with Gasteiger partial charge in [0, 0.05) is 32.8 Å². The Bertz CT molecular complexity index is 1240. The molecule has 8 heteroatoms. The van der Waals surface area contributed by atoms with Crippen molar-refractivity contribution in [3.8, 4) is 0 Å². The number of rotatable bonds is 6. The zero-order valence-corrected chi connectivity index (χ0v) is 18.5. The number of carbonyl (C=O) groups is 1. The summed E-state index contributed by atoms with van der Waals surface area (Å²) in [6, 6.07) is 18.4. The highest BCUT2D eigenvalue weighted by Gasteiger charge is 2.10. The van der Waals surface area contributed by atoms with Crippen LogP contribution in [0.25, 0.3) is 0 Å². The van der Waals surface area contributed by atoms with E-state index in [2.05, 4.69) is 25.6 Å². The number of anilines is 3. The van der Waals surface area contributed by atoms with Gasteiger partial charge in [-0.25, -0.2) is 9.97 Å². The minimum absolute atomic E-state index is 0. The van der Waals surface area contributed by atoms with Gasteiger partial charge in [-0.15, -0.1) is 0 Å². The maximum Gasteiger partial charge on any atom is 0.257 e. The molecule has 2 aromatic carbocycles. The molecule has 4 aromatic rings. The second-order valence-corrected chi connectivity index (χ2v) is 8.40. The van der Waals surface area contributed by atoms with E-state index in [1.807, 2.05) is 56.4 Å². The number of aromatic nitrogens is 3. The Morgan fingerprint density at radius 1 is 1.06 bits per heavy atom. The van der Waals surface area contributed by atoms with Gasteiger partial charge in [0.15, 0.2) is 5.16 Å². The Morgan fingerprint density at radius 3 is 2.55 bits per heavy atom. The second kappa shape index (κ2) is 9.24. The summed E-state index contributed by atoms with van der Waals surface area (Å²) in [5.41, 5.74) is 3.13. The number of nitrogens with zero attached hydrogens (tertiary/aromatic N) is 2. The van der Waals surface area contributed by atoms with Crippen molar-refractivity contribution in [1.82, 2.24) is 15.0 Å². The minimum atomic E-state index is -0.247.